The van der Waals surface area contributed by atoms with Crippen molar-refractivity contribution in [1.29, 1.82) is 0 Å². The van der Waals surface area contributed by atoms with Gasteiger partial charge in [0.15, 0.2) is 5.78 Å². The molecule has 0 saturated carbocycles. The van der Waals surface area contributed by atoms with Crippen LogP contribution in [0.15, 0.2) is 35.0 Å². The highest BCUT2D eigenvalue weighted by Crippen LogP contribution is 2.14. The second-order valence-electron chi connectivity index (χ2n) is 3.52. The zero-order chi connectivity index (χ0) is 13.0. The number of halogens is 2. The third-order valence-electron chi connectivity index (χ3n) is 2.25. The smallest absolute Gasteiger partial charge is 0.177 e. The predicted molar refractivity (Wildman–Crippen MR) is 63.0 cm³/mol. The van der Waals surface area contributed by atoms with E-state index < -0.39 is 11.6 Å². The van der Waals surface area contributed by atoms with Gasteiger partial charge < -0.3 is 0 Å². The summed E-state index contributed by atoms with van der Waals surface area (Å²) < 4.78 is 26.9. The Balaban J connectivity index is 3.25. The third-order valence-corrected chi connectivity index (χ3v) is 2.25. The molecule has 17 heavy (non-hydrogen) atoms. The van der Waals surface area contributed by atoms with Gasteiger partial charge in [-0.3, -0.25) is 4.79 Å². The molecule has 0 amide bonds. The molecule has 0 aliphatic rings. The minimum Gasteiger partial charge on any atom is -0.293 e. The summed E-state index contributed by atoms with van der Waals surface area (Å²) in [5, 5.41) is 0. The van der Waals surface area contributed by atoms with Crippen LogP contribution in [-0.4, -0.2) is 11.5 Å². The van der Waals surface area contributed by atoms with E-state index in [9.17, 15) is 13.6 Å². The Bertz CT molecular complexity index is 484. The number of hydrogen-bond donors (Lipinski definition) is 0. The molecule has 0 fully saturated rings. The molecule has 0 aliphatic heterocycles. The van der Waals surface area contributed by atoms with Crippen LogP contribution >= 0.6 is 0 Å². The fraction of sp³-hybridized carbons (Fsp3) is 0.231. The Morgan fingerprint density at radius 1 is 1.24 bits per heavy atom. The number of rotatable bonds is 3. The molecule has 2 nitrogen and oxygen atoms in total. The summed E-state index contributed by atoms with van der Waals surface area (Å²) in [6, 6.07) is 3.59. The van der Waals surface area contributed by atoms with Crippen LogP contribution in [0.25, 0.3) is 0 Å². The number of hydrogen-bond acceptors (Lipinski definition) is 2. The van der Waals surface area contributed by atoms with Gasteiger partial charge in [0, 0.05) is 6.92 Å². The van der Waals surface area contributed by atoms with E-state index in [-0.39, 0.29) is 22.8 Å². The summed E-state index contributed by atoms with van der Waals surface area (Å²) >= 11 is 0. The molecule has 0 heterocycles. The number of allylic oxidation sites excluding steroid dienone is 2. The fourth-order valence-corrected chi connectivity index (χ4v) is 1.43. The van der Waals surface area contributed by atoms with Crippen molar-refractivity contribution < 1.29 is 13.6 Å². The highest BCUT2D eigenvalue weighted by molar-refractivity contribution is 6.03. The number of aliphatic imine (C=N–C) groups is 1. The van der Waals surface area contributed by atoms with Crippen molar-refractivity contribution >= 4 is 11.5 Å². The molecule has 1 aromatic rings. The predicted octanol–water partition coefficient (Wildman–Crippen LogP) is 3.27. The van der Waals surface area contributed by atoms with E-state index in [1.54, 1.807) is 6.92 Å². The number of Topliss-reactive ketones (excluding diaryl/α,β-unsaturated/α-hetero) is 1. The van der Waals surface area contributed by atoms with Gasteiger partial charge in [-0.25, -0.2) is 13.8 Å². The molecule has 90 valence electrons. The Kier molecular flexibility index (Phi) is 4.26. The zero-order valence-electron chi connectivity index (χ0n) is 9.92. The topological polar surface area (TPSA) is 29.4 Å². The number of carbonyl (C=O) groups excluding carboxylic acids is 1. The SMILES string of the molecule is C/C=C(\N=C(C)c1c(F)cccc1F)C(C)=O. The average Bonchev–Trinajstić information content (AvgIpc) is 2.25. The number of ketones is 1. The van der Waals surface area contributed by atoms with E-state index in [1.807, 2.05) is 0 Å². The van der Waals surface area contributed by atoms with Crippen molar-refractivity contribution in [2.75, 3.05) is 0 Å². The number of nitrogens with zero attached hydrogens (tertiary/aromatic N) is 1. The molecule has 0 aromatic heterocycles. The summed E-state index contributed by atoms with van der Waals surface area (Å²) in [7, 11) is 0. The maximum Gasteiger partial charge on any atom is 0.177 e. The van der Waals surface area contributed by atoms with E-state index >= 15 is 0 Å². The minimum absolute atomic E-state index is 0.142. The normalized spacial score (nSPS) is 12.8. The largest absolute Gasteiger partial charge is 0.293 e. The van der Waals surface area contributed by atoms with Crippen LogP contribution in [0.3, 0.4) is 0 Å². The second kappa shape index (κ2) is 5.48. The Morgan fingerprint density at radius 2 is 1.76 bits per heavy atom. The van der Waals surface area contributed by atoms with Crippen molar-refractivity contribution in [3.63, 3.8) is 0 Å². The highest BCUT2D eigenvalue weighted by Gasteiger charge is 2.12. The Morgan fingerprint density at radius 3 is 2.18 bits per heavy atom. The summed E-state index contributed by atoms with van der Waals surface area (Å²) in [5.74, 6) is -1.63. The summed E-state index contributed by atoms with van der Waals surface area (Å²) in [6.45, 7) is 4.46. The molecule has 1 aromatic carbocycles. The molecule has 4 heteroatoms. The first-order valence-corrected chi connectivity index (χ1v) is 5.14. The van der Waals surface area contributed by atoms with Crippen LogP contribution in [0.1, 0.15) is 26.3 Å². The van der Waals surface area contributed by atoms with Crippen LogP contribution in [-0.2, 0) is 4.79 Å². The monoisotopic (exact) mass is 237 g/mol. The van der Waals surface area contributed by atoms with E-state index in [0.29, 0.717) is 0 Å². The van der Waals surface area contributed by atoms with E-state index in [4.69, 9.17) is 0 Å². The maximum atomic E-state index is 13.4. The molecule has 0 unspecified atom stereocenters. The lowest BCUT2D eigenvalue weighted by atomic mass is 10.1. The molecule has 0 N–H and O–H groups in total. The van der Waals surface area contributed by atoms with E-state index in [1.165, 1.54) is 26.0 Å². The van der Waals surface area contributed by atoms with Crippen molar-refractivity contribution in [2.45, 2.75) is 20.8 Å². The molecular weight excluding hydrogens is 224 g/mol. The minimum atomic E-state index is -0.690. The van der Waals surface area contributed by atoms with Gasteiger partial charge in [-0.05, 0) is 26.0 Å². The van der Waals surface area contributed by atoms with Gasteiger partial charge in [0.25, 0.3) is 0 Å². The first kappa shape index (κ1) is 13.2. The van der Waals surface area contributed by atoms with Crippen LogP contribution in [0.2, 0.25) is 0 Å². The zero-order valence-corrected chi connectivity index (χ0v) is 9.92. The van der Waals surface area contributed by atoms with Crippen molar-refractivity contribution in [3.05, 3.63) is 47.2 Å². The summed E-state index contributed by atoms with van der Waals surface area (Å²) in [6.07, 6.45) is 1.50. The van der Waals surface area contributed by atoms with Crippen molar-refractivity contribution in [2.24, 2.45) is 4.99 Å². The lowest BCUT2D eigenvalue weighted by Gasteiger charge is -2.05. The van der Waals surface area contributed by atoms with Crippen LogP contribution in [0.4, 0.5) is 8.78 Å². The van der Waals surface area contributed by atoms with Crippen molar-refractivity contribution in [1.82, 2.24) is 0 Å². The standard InChI is InChI=1S/C13H13F2NO/c1-4-12(9(3)17)16-8(2)13-10(14)6-5-7-11(13)15/h4-7H,1-3H3/b12-4-,16-8?. The molecule has 0 atom stereocenters. The molecule has 0 aliphatic carbocycles. The quantitative estimate of drug-likeness (QED) is 0.586. The third kappa shape index (κ3) is 3.06. The van der Waals surface area contributed by atoms with Gasteiger partial charge in [-0.15, -0.1) is 0 Å². The number of benzene rings is 1. The van der Waals surface area contributed by atoms with Gasteiger partial charge in [0.1, 0.15) is 17.3 Å². The molecule has 0 spiro atoms. The molecule has 0 saturated heterocycles. The van der Waals surface area contributed by atoms with Gasteiger partial charge in [-0.2, -0.15) is 0 Å². The molecule has 0 bridgehead atoms. The first-order chi connectivity index (χ1) is 7.97. The summed E-state index contributed by atoms with van der Waals surface area (Å²) in [5.41, 5.74) is 0.127. The lowest BCUT2D eigenvalue weighted by molar-refractivity contribution is -0.113. The molecule has 1 rings (SSSR count). The highest BCUT2D eigenvalue weighted by atomic mass is 19.1. The first-order valence-electron chi connectivity index (χ1n) is 5.14. The second-order valence-corrected chi connectivity index (χ2v) is 3.52. The maximum absolute atomic E-state index is 13.4. The van der Waals surface area contributed by atoms with Gasteiger partial charge >= 0.3 is 0 Å². The van der Waals surface area contributed by atoms with Crippen LogP contribution in [0.5, 0.6) is 0 Å². The van der Waals surface area contributed by atoms with Gasteiger partial charge in [0.2, 0.25) is 0 Å². The molecule has 0 radical (unpaired) electrons. The Labute approximate surface area is 98.7 Å². The lowest BCUT2D eigenvalue weighted by Crippen LogP contribution is -2.05. The van der Waals surface area contributed by atoms with E-state index in [0.717, 1.165) is 12.1 Å². The average molecular weight is 237 g/mol. The Hall–Kier alpha value is -1.84. The van der Waals surface area contributed by atoms with Crippen molar-refractivity contribution in [3.8, 4) is 0 Å². The van der Waals surface area contributed by atoms with Crippen LogP contribution in [0, 0.1) is 11.6 Å². The van der Waals surface area contributed by atoms with Crippen LogP contribution < -0.4 is 0 Å². The summed E-state index contributed by atoms with van der Waals surface area (Å²) in [4.78, 5) is 15.1. The molecular formula is C13H13F2NO. The van der Waals surface area contributed by atoms with Gasteiger partial charge in [0.05, 0.1) is 11.3 Å². The number of carbonyl (C=O) groups is 1. The van der Waals surface area contributed by atoms with Gasteiger partial charge in [-0.1, -0.05) is 12.1 Å². The van der Waals surface area contributed by atoms with E-state index in [2.05, 4.69) is 4.99 Å². The fourth-order valence-electron chi connectivity index (χ4n) is 1.43.